The molecule has 1 unspecified atom stereocenters. The van der Waals surface area contributed by atoms with E-state index >= 15 is 0 Å². The largest absolute Gasteiger partial charge is 0.481 e. The molecule has 1 saturated heterocycles. The number of nitrogens with zero attached hydrogens (tertiary/aromatic N) is 1. The van der Waals surface area contributed by atoms with Gasteiger partial charge in [0.25, 0.3) is 0 Å². The van der Waals surface area contributed by atoms with Crippen LogP contribution < -0.4 is 0 Å². The Kier molecular flexibility index (Phi) is 4.79. The molecule has 2 rings (SSSR count). The minimum absolute atomic E-state index is 0.0107. The lowest BCUT2D eigenvalue weighted by molar-refractivity contribution is -0.139. The molecule has 0 spiro atoms. The van der Waals surface area contributed by atoms with Crippen LogP contribution in [0.3, 0.4) is 0 Å². The molecule has 1 heterocycles. The van der Waals surface area contributed by atoms with Crippen molar-refractivity contribution in [1.29, 1.82) is 0 Å². The fraction of sp³-hybridized carbons (Fsp3) is 0.333. The molecule has 0 bridgehead atoms. The monoisotopic (exact) mass is 293 g/mol. The summed E-state index contributed by atoms with van der Waals surface area (Å²) in [5, 5.41) is 9.46. The van der Waals surface area contributed by atoms with Crippen LogP contribution >= 0.6 is 11.6 Å². The standard InChI is InChI=1S/C15H16ClNO3/c16-12-4-1-3-11(9-12)6-7-14(18)17-8-2-5-13(17)10-15(19)20/h1,3-4,6-7,9,13H,2,5,8,10H2,(H,19,20)/b7-6+. The molecule has 106 valence electrons. The van der Waals surface area contributed by atoms with E-state index in [4.69, 9.17) is 16.7 Å². The summed E-state index contributed by atoms with van der Waals surface area (Å²) in [4.78, 5) is 24.5. The fourth-order valence-electron chi connectivity index (χ4n) is 2.41. The number of halogens is 1. The second-order valence-electron chi connectivity index (χ2n) is 4.81. The summed E-state index contributed by atoms with van der Waals surface area (Å²) >= 11 is 5.87. The van der Waals surface area contributed by atoms with Crippen LogP contribution in [0, 0.1) is 0 Å². The van der Waals surface area contributed by atoms with E-state index in [0.29, 0.717) is 11.6 Å². The Balaban J connectivity index is 2.02. The molecule has 20 heavy (non-hydrogen) atoms. The van der Waals surface area contributed by atoms with E-state index in [-0.39, 0.29) is 18.4 Å². The molecule has 1 aromatic rings. The number of carboxylic acid groups (broad SMARTS) is 1. The third kappa shape index (κ3) is 3.84. The predicted molar refractivity (Wildman–Crippen MR) is 77.5 cm³/mol. The minimum atomic E-state index is -0.867. The summed E-state index contributed by atoms with van der Waals surface area (Å²) in [7, 11) is 0. The number of likely N-dealkylation sites (tertiary alicyclic amines) is 1. The van der Waals surface area contributed by atoms with E-state index in [2.05, 4.69) is 0 Å². The van der Waals surface area contributed by atoms with Crippen molar-refractivity contribution in [3.8, 4) is 0 Å². The molecule has 0 saturated carbocycles. The van der Waals surface area contributed by atoms with Crippen molar-refractivity contribution in [3.63, 3.8) is 0 Å². The average Bonchev–Trinajstić information content (AvgIpc) is 2.83. The van der Waals surface area contributed by atoms with Crippen molar-refractivity contribution >= 4 is 29.6 Å². The highest BCUT2D eigenvalue weighted by atomic mass is 35.5. The van der Waals surface area contributed by atoms with Gasteiger partial charge in [0.2, 0.25) is 5.91 Å². The number of amides is 1. The Morgan fingerprint density at radius 3 is 2.95 bits per heavy atom. The van der Waals surface area contributed by atoms with E-state index in [1.807, 2.05) is 12.1 Å². The Morgan fingerprint density at radius 2 is 2.25 bits per heavy atom. The van der Waals surface area contributed by atoms with Crippen LogP contribution in [0.15, 0.2) is 30.3 Å². The number of carbonyl (C=O) groups is 2. The molecular weight excluding hydrogens is 278 g/mol. The number of carboxylic acids is 1. The normalized spacial score (nSPS) is 18.6. The van der Waals surface area contributed by atoms with Gasteiger partial charge in [0.05, 0.1) is 6.42 Å². The van der Waals surface area contributed by atoms with Gasteiger partial charge in [0, 0.05) is 23.7 Å². The molecule has 1 aromatic carbocycles. The summed E-state index contributed by atoms with van der Waals surface area (Å²) in [5.41, 5.74) is 0.847. The Bertz CT molecular complexity index is 542. The van der Waals surface area contributed by atoms with E-state index in [9.17, 15) is 9.59 Å². The first-order valence-corrected chi connectivity index (χ1v) is 6.90. The zero-order valence-corrected chi connectivity index (χ0v) is 11.7. The van der Waals surface area contributed by atoms with Gasteiger partial charge in [0.15, 0.2) is 0 Å². The van der Waals surface area contributed by atoms with Gasteiger partial charge >= 0.3 is 5.97 Å². The second-order valence-corrected chi connectivity index (χ2v) is 5.25. The van der Waals surface area contributed by atoms with Gasteiger partial charge in [-0.05, 0) is 36.6 Å². The maximum Gasteiger partial charge on any atom is 0.305 e. The smallest absolute Gasteiger partial charge is 0.305 e. The number of aliphatic carboxylic acids is 1. The summed E-state index contributed by atoms with van der Waals surface area (Å²) in [6.45, 7) is 0.622. The number of benzene rings is 1. The molecule has 5 heteroatoms. The molecule has 0 aliphatic carbocycles. The highest BCUT2D eigenvalue weighted by Crippen LogP contribution is 2.21. The van der Waals surface area contributed by atoms with Gasteiger partial charge in [-0.3, -0.25) is 9.59 Å². The Labute approximate surface area is 122 Å². The third-order valence-corrected chi connectivity index (χ3v) is 3.57. The van der Waals surface area contributed by atoms with Crippen LogP contribution in [0.2, 0.25) is 5.02 Å². The first-order chi connectivity index (χ1) is 9.56. The molecule has 1 aliphatic heterocycles. The van der Waals surface area contributed by atoms with E-state index in [1.54, 1.807) is 23.1 Å². The molecule has 1 N–H and O–H groups in total. The highest BCUT2D eigenvalue weighted by molar-refractivity contribution is 6.30. The molecule has 1 fully saturated rings. The lowest BCUT2D eigenvalue weighted by Gasteiger charge is -2.21. The molecule has 0 radical (unpaired) electrons. The molecule has 4 nitrogen and oxygen atoms in total. The van der Waals surface area contributed by atoms with Crippen LogP contribution in [0.1, 0.15) is 24.8 Å². The lowest BCUT2D eigenvalue weighted by atomic mass is 10.1. The number of carbonyl (C=O) groups excluding carboxylic acids is 1. The van der Waals surface area contributed by atoms with Crippen molar-refractivity contribution in [1.82, 2.24) is 4.90 Å². The van der Waals surface area contributed by atoms with Gasteiger partial charge < -0.3 is 10.0 Å². The van der Waals surface area contributed by atoms with Crippen LogP contribution in [0.4, 0.5) is 0 Å². The van der Waals surface area contributed by atoms with Crippen molar-refractivity contribution in [2.24, 2.45) is 0 Å². The molecule has 0 aromatic heterocycles. The van der Waals surface area contributed by atoms with Gasteiger partial charge in [-0.2, -0.15) is 0 Å². The zero-order valence-electron chi connectivity index (χ0n) is 11.0. The van der Waals surface area contributed by atoms with Gasteiger partial charge in [-0.25, -0.2) is 0 Å². The van der Waals surface area contributed by atoms with Crippen molar-refractivity contribution in [3.05, 3.63) is 40.9 Å². The SMILES string of the molecule is O=C(O)CC1CCCN1C(=O)/C=C/c1cccc(Cl)c1. The third-order valence-electron chi connectivity index (χ3n) is 3.34. The quantitative estimate of drug-likeness (QED) is 0.869. The molecule has 1 atom stereocenters. The fourth-order valence-corrected chi connectivity index (χ4v) is 2.61. The first-order valence-electron chi connectivity index (χ1n) is 6.52. The van der Waals surface area contributed by atoms with Crippen LogP contribution in [0.25, 0.3) is 6.08 Å². The molecular formula is C15H16ClNO3. The maximum absolute atomic E-state index is 12.1. The van der Waals surface area contributed by atoms with Gasteiger partial charge in [0.1, 0.15) is 0 Å². The predicted octanol–water partition coefficient (Wildman–Crippen LogP) is 2.82. The topological polar surface area (TPSA) is 57.6 Å². The maximum atomic E-state index is 12.1. The zero-order chi connectivity index (χ0) is 14.5. The van der Waals surface area contributed by atoms with E-state index in [0.717, 1.165) is 18.4 Å². The van der Waals surface area contributed by atoms with Crippen molar-refractivity contribution in [2.75, 3.05) is 6.54 Å². The lowest BCUT2D eigenvalue weighted by Crippen LogP contribution is -2.35. The second kappa shape index (κ2) is 6.57. The number of hydrogen-bond acceptors (Lipinski definition) is 2. The molecule has 1 amide bonds. The first kappa shape index (κ1) is 14.6. The van der Waals surface area contributed by atoms with Crippen molar-refractivity contribution < 1.29 is 14.7 Å². The summed E-state index contributed by atoms with van der Waals surface area (Å²) < 4.78 is 0. The Hall–Kier alpha value is -1.81. The summed E-state index contributed by atoms with van der Waals surface area (Å²) in [6, 6.07) is 7.02. The highest BCUT2D eigenvalue weighted by Gasteiger charge is 2.28. The van der Waals surface area contributed by atoms with Crippen molar-refractivity contribution in [2.45, 2.75) is 25.3 Å². The summed E-state index contributed by atoms with van der Waals surface area (Å²) in [5.74, 6) is -1.01. The van der Waals surface area contributed by atoms with E-state index < -0.39 is 5.97 Å². The number of hydrogen-bond donors (Lipinski definition) is 1. The summed E-state index contributed by atoms with van der Waals surface area (Å²) in [6.07, 6.45) is 4.80. The molecule has 1 aliphatic rings. The average molecular weight is 294 g/mol. The van der Waals surface area contributed by atoms with E-state index in [1.165, 1.54) is 6.08 Å². The minimum Gasteiger partial charge on any atom is -0.481 e. The van der Waals surface area contributed by atoms with Crippen LogP contribution in [-0.4, -0.2) is 34.5 Å². The Morgan fingerprint density at radius 1 is 1.45 bits per heavy atom. The number of rotatable bonds is 4. The van der Waals surface area contributed by atoms with Crippen LogP contribution in [0.5, 0.6) is 0 Å². The van der Waals surface area contributed by atoms with Gasteiger partial charge in [-0.1, -0.05) is 23.7 Å². The van der Waals surface area contributed by atoms with Gasteiger partial charge in [-0.15, -0.1) is 0 Å². The van der Waals surface area contributed by atoms with Crippen LogP contribution in [-0.2, 0) is 9.59 Å².